The molecule has 0 aliphatic rings. The van der Waals surface area contributed by atoms with Crippen molar-refractivity contribution in [3.05, 3.63) is 144 Å². The van der Waals surface area contributed by atoms with Crippen LogP contribution < -0.4 is 54.4 Å². The first-order valence-corrected chi connectivity index (χ1v) is 26.0. The van der Waals surface area contributed by atoms with Gasteiger partial charge in [0, 0.05) is 19.3 Å². The van der Waals surface area contributed by atoms with Gasteiger partial charge in [-0.15, -0.1) is 0 Å². The molecule has 4 rings (SSSR count). The fourth-order valence-corrected chi connectivity index (χ4v) is 8.33. The third-order valence-corrected chi connectivity index (χ3v) is 12.5. The molecule has 0 aliphatic heterocycles. The molecule has 4 aromatic rings. The van der Waals surface area contributed by atoms with Gasteiger partial charge in [-0.1, -0.05) is 121 Å². The first-order chi connectivity index (χ1) is 37.9. The molecule has 0 bridgehead atoms. The van der Waals surface area contributed by atoms with E-state index in [1.165, 1.54) is 0 Å². The van der Waals surface area contributed by atoms with Gasteiger partial charge in [0.15, 0.2) is 0 Å². The van der Waals surface area contributed by atoms with Crippen LogP contribution in [0.3, 0.4) is 0 Å². The Labute approximate surface area is 457 Å². The highest BCUT2D eigenvalue weighted by atomic mass is 16.4. The predicted octanol–water partition coefficient (Wildman–Crippen LogP) is -0.0299. The number of hydrogen-bond acceptors (Lipinski definition) is 13. The monoisotopic (exact) mass is 1090 g/mol. The number of carbonyl (C=O) groups is 10. The number of nitrogens with one attached hydrogen (secondary N) is 7. The van der Waals surface area contributed by atoms with Gasteiger partial charge < -0.3 is 69.7 Å². The Bertz CT molecular complexity index is 2630. The normalized spacial score (nSPS) is 14.0. The molecule has 424 valence electrons. The number of rotatable bonds is 35. The first-order valence-electron chi connectivity index (χ1n) is 26.0. The van der Waals surface area contributed by atoms with E-state index in [0.717, 1.165) is 0 Å². The molecular formula is C56H72N10O13. The van der Waals surface area contributed by atoms with Crippen LogP contribution in [-0.2, 0) is 73.6 Å². The first kappa shape index (κ1) is 63.0. The van der Waals surface area contributed by atoms with E-state index < -0.39 is 120 Å². The summed E-state index contributed by atoms with van der Waals surface area (Å²) in [4.78, 5) is 135. The van der Waals surface area contributed by atoms with Gasteiger partial charge in [-0.2, -0.15) is 0 Å². The molecule has 8 atom stereocenters. The molecule has 23 nitrogen and oxygen atoms in total. The lowest BCUT2D eigenvalue weighted by Crippen LogP contribution is -2.61. The minimum Gasteiger partial charge on any atom is -0.481 e. The smallest absolute Gasteiger partial charge is 0.326 e. The van der Waals surface area contributed by atoms with E-state index in [1.54, 1.807) is 121 Å². The van der Waals surface area contributed by atoms with Crippen molar-refractivity contribution in [1.29, 1.82) is 0 Å². The van der Waals surface area contributed by atoms with Crippen molar-refractivity contribution in [2.45, 2.75) is 125 Å². The van der Waals surface area contributed by atoms with Gasteiger partial charge >= 0.3 is 17.9 Å². The number of carbonyl (C=O) groups excluding carboxylic acids is 7. The molecule has 0 radical (unpaired) electrons. The average molecular weight is 1090 g/mol. The lowest BCUT2D eigenvalue weighted by molar-refractivity contribution is -0.143. The summed E-state index contributed by atoms with van der Waals surface area (Å²) in [5, 5.41) is 47.2. The van der Waals surface area contributed by atoms with E-state index in [1.807, 2.05) is 0 Å². The number of aliphatic carboxylic acids is 3. The van der Waals surface area contributed by atoms with Crippen molar-refractivity contribution in [1.82, 2.24) is 37.2 Å². The van der Waals surface area contributed by atoms with Crippen LogP contribution in [0.15, 0.2) is 121 Å². The van der Waals surface area contributed by atoms with E-state index in [2.05, 4.69) is 37.2 Å². The topological polar surface area (TPSA) is 394 Å². The predicted molar refractivity (Wildman–Crippen MR) is 290 cm³/mol. The van der Waals surface area contributed by atoms with Gasteiger partial charge in [0.25, 0.3) is 0 Å². The third-order valence-electron chi connectivity index (χ3n) is 12.5. The molecular weight excluding hydrogens is 1020 g/mol. The average Bonchev–Trinajstić information content (AvgIpc) is 3.43. The summed E-state index contributed by atoms with van der Waals surface area (Å²) in [6.45, 7) is 0.494. The number of amides is 7. The molecule has 0 aromatic heterocycles. The van der Waals surface area contributed by atoms with Crippen LogP contribution in [0.25, 0.3) is 0 Å². The SMILES string of the molecule is NCCCC[C@H](NC(=O)[C@H](Cc1ccccc1)NC(=O)[C@H](CC(=O)O)NC(=O)[C@H](Cc1ccccc1)NC(=O)[C@H](CCCCN)NC(=O)[C@H](Cc1ccccc1)NC(=O)[C@H](CC(=O)O)NC(=O)[C@@H](N)Cc1ccccc1)C(=O)O. The molecule has 0 aliphatic carbocycles. The van der Waals surface area contributed by atoms with Crippen LogP contribution in [0, 0.1) is 0 Å². The standard InChI is InChI=1S/C56H72N10O13/c57-27-15-13-25-40(60-51(73)42(30-36-19-7-2-8-20-36)64-54(76)45(33-47(67)68)62-49(71)39(59)29-35-17-5-1-6-18-35)50(72)63-44(32-38-23-11-4-12-24-38)53(75)66-46(34-48(69)70)55(77)65-43(31-37-21-9-3-10-22-37)52(74)61-41(56(78)79)26-14-16-28-58/h1-12,17-24,39-46H,13-16,25-34,57-59H2,(H,60,73)(H,61,74)(H,62,71)(H,63,72)(H,64,76)(H,65,77)(H,66,75)(H,67,68)(H,69,70)(H,78,79)/t39-,40-,41-,42-,43-,44-,45-,46-/m0/s1. The Morgan fingerprint density at radius 1 is 0.342 bits per heavy atom. The minimum absolute atomic E-state index is 0.0287. The van der Waals surface area contributed by atoms with E-state index in [4.69, 9.17) is 17.2 Å². The second-order valence-corrected chi connectivity index (χ2v) is 18.9. The molecule has 0 fully saturated rings. The minimum atomic E-state index is -1.86. The highest BCUT2D eigenvalue weighted by Crippen LogP contribution is 2.13. The zero-order chi connectivity index (χ0) is 57.7. The Morgan fingerprint density at radius 3 is 0.937 bits per heavy atom. The summed E-state index contributed by atoms with van der Waals surface area (Å²) in [5.41, 5.74) is 19.8. The molecule has 0 unspecified atom stereocenters. The molecule has 4 aromatic carbocycles. The summed E-state index contributed by atoms with van der Waals surface area (Å²) in [6, 6.07) is 21.9. The zero-order valence-corrected chi connectivity index (χ0v) is 43.7. The van der Waals surface area contributed by atoms with Crippen LogP contribution in [0.5, 0.6) is 0 Å². The lowest BCUT2D eigenvalue weighted by Gasteiger charge is -2.28. The number of benzene rings is 4. The third kappa shape index (κ3) is 22.9. The molecule has 0 saturated heterocycles. The number of unbranched alkanes of at least 4 members (excludes halogenated alkanes) is 2. The maximum absolute atomic E-state index is 14.5. The van der Waals surface area contributed by atoms with Gasteiger partial charge in [-0.05, 0) is 80.3 Å². The van der Waals surface area contributed by atoms with Crippen molar-refractivity contribution in [3.63, 3.8) is 0 Å². The summed E-state index contributed by atoms with van der Waals surface area (Å²) < 4.78 is 0. The van der Waals surface area contributed by atoms with Gasteiger partial charge in [-0.25, -0.2) is 4.79 Å². The number of nitrogens with two attached hydrogens (primary N) is 3. The van der Waals surface area contributed by atoms with E-state index >= 15 is 0 Å². The zero-order valence-electron chi connectivity index (χ0n) is 43.7. The quantitative estimate of drug-likeness (QED) is 0.0269. The van der Waals surface area contributed by atoms with Gasteiger partial charge in [0.05, 0.1) is 18.9 Å². The molecule has 0 spiro atoms. The molecule has 16 N–H and O–H groups in total. The van der Waals surface area contributed by atoms with E-state index in [-0.39, 0.29) is 51.5 Å². The summed E-state index contributed by atoms with van der Waals surface area (Å²) >= 11 is 0. The Balaban J connectivity index is 1.62. The maximum atomic E-state index is 14.5. The van der Waals surface area contributed by atoms with Crippen molar-refractivity contribution < 1.29 is 63.3 Å². The van der Waals surface area contributed by atoms with Crippen LogP contribution in [-0.4, -0.2) is 136 Å². The van der Waals surface area contributed by atoms with Crippen LogP contribution in [0.1, 0.15) is 73.6 Å². The summed E-state index contributed by atoms with van der Waals surface area (Å²) in [6.07, 6.45) is -0.876. The number of carboxylic acids is 3. The second-order valence-electron chi connectivity index (χ2n) is 18.9. The molecule has 79 heavy (non-hydrogen) atoms. The summed E-state index contributed by atoms with van der Waals surface area (Å²) in [5.74, 6) is -11.0. The highest BCUT2D eigenvalue weighted by Gasteiger charge is 2.36. The molecule has 7 amide bonds. The Morgan fingerprint density at radius 2 is 0.608 bits per heavy atom. The van der Waals surface area contributed by atoms with Crippen molar-refractivity contribution in [2.75, 3.05) is 13.1 Å². The van der Waals surface area contributed by atoms with Crippen LogP contribution >= 0.6 is 0 Å². The Kier molecular flexibility index (Phi) is 26.8. The largest absolute Gasteiger partial charge is 0.481 e. The van der Waals surface area contributed by atoms with Gasteiger partial charge in [0.1, 0.15) is 42.3 Å². The van der Waals surface area contributed by atoms with E-state index in [9.17, 15) is 63.3 Å². The van der Waals surface area contributed by atoms with Crippen molar-refractivity contribution in [2.24, 2.45) is 17.2 Å². The molecule has 23 heteroatoms. The fourth-order valence-electron chi connectivity index (χ4n) is 8.33. The van der Waals surface area contributed by atoms with Crippen molar-refractivity contribution in [3.8, 4) is 0 Å². The van der Waals surface area contributed by atoms with Gasteiger partial charge in [0.2, 0.25) is 41.4 Å². The highest BCUT2D eigenvalue weighted by molar-refractivity contribution is 5.99. The van der Waals surface area contributed by atoms with E-state index in [0.29, 0.717) is 48.1 Å². The Hall–Kier alpha value is -8.54. The van der Waals surface area contributed by atoms with Crippen LogP contribution in [0.2, 0.25) is 0 Å². The van der Waals surface area contributed by atoms with Crippen LogP contribution in [0.4, 0.5) is 0 Å². The number of hydrogen-bond donors (Lipinski definition) is 13. The maximum Gasteiger partial charge on any atom is 0.326 e. The van der Waals surface area contributed by atoms with Gasteiger partial charge in [-0.3, -0.25) is 43.2 Å². The lowest BCUT2D eigenvalue weighted by atomic mass is 10.0. The molecule has 0 saturated carbocycles. The summed E-state index contributed by atoms with van der Waals surface area (Å²) in [7, 11) is 0. The fraction of sp³-hybridized carbons (Fsp3) is 0.393. The number of carboxylic acid groups (broad SMARTS) is 3. The van der Waals surface area contributed by atoms with Crippen molar-refractivity contribution >= 4 is 59.3 Å². The second kappa shape index (κ2) is 33.6. The molecule has 0 heterocycles.